The van der Waals surface area contributed by atoms with Crippen LogP contribution in [0.2, 0.25) is 0 Å². The molecule has 0 unspecified atom stereocenters. The maximum Gasteiger partial charge on any atom is 0.269 e. The fraction of sp³-hybridized carbons (Fsp3) is 0.500. The topological polar surface area (TPSA) is 51.2 Å². The second-order valence-electron chi connectivity index (χ2n) is 3.93. The number of hydrogen-bond acceptors (Lipinski definition) is 3. The van der Waals surface area contributed by atoms with Crippen molar-refractivity contribution in [2.45, 2.75) is 32.3 Å². The van der Waals surface area contributed by atoms with Gasteiger partial charge in [-0.05, 0) is 19.3 Å². The van der Waals surface area contributed by atoms with Gasteiger partial charge in [0.15, 0.2) is 0 Å². The van der Waals surface area contributed by atoms with E-state index in [2.05, 4.69) is 17.2 Å². The molecule has 0 saturated heterocycles. The van der Waals surface area contributed by atoms with Gasteiger partial charge in [-0.25, -0.2) is 0 Å². The number of rotatable bonds is 4. The number of nitrogens with zero attached hydrogens (tertiary/aromatic N) is 1. The Labute approximate surface area is 95.0 Å². The van der Waals surface area contributed by atoms with Crippen molar-refractivity contribution in [1.29, 1.82) is 0 Å². The van der Waals surface area contributed by atoms with E-state index in [0.29, 0.717) is 11.8 Å². The number of amides is 1. The van der Waals surface area contributed by atoms with E-state index in [4.69, 9.17) is 4.74 Å². The second kappa shape index (κ2) is 4.51. The zero-order chi connectivity index (χ0) is 11.5. The normalized spacial score (nSPS) is 14.6. The van der Waals surface area contributed by atoms with Gasteiger partial charge >= 0.3 is 0 Å². The summed E-state index contributed by atoms with van der Waals surface area (Å²) in [6.07, 6.45) is 5.15. The number of carbonyl (C=O) groups is 1. The molecule has 4 heteroatoms. The Morgan fingerprint density at radius 1 is 1.62 bits per heavy atom. The van der Waals surface area contributed by atoms with Gasteiger partial charge in [0.2, 0.25) is 0 Å². The fourth-order valence-corrected chi connectivity index (χ4v) is 1.46. The number of hydrogen-bond donors (Lipinski definition) is 1. The van der Waals surface area contributed by atoms with Crippen LogP contribution in [0.15, 0.2) is 12.3 Å². The van der Waals surface area contributed by atoms with Gasteiger partial charge in [-0.15, -0.1) is 0 Å². The van der Waals surface area contributed by atoms with Gasteiger partial charge in [-0.2, -0.15) is 0 Å². The minimum Gasteiger partial charge on any atom is -0.490 e. The van der Waals surface area contributed by atoms with Crippen molar-refractivity contribution in [3.8, 4) is 5.75 Å². The molecule has 0 spiro atoms. The van der Waals surface area contributed by atoms with E-state index < -0.39 is 0 Å². The molecule has 1 aliphatic carbocycles. The lowest BCUT2D eigenvalue weighted by Crippen LogP contribution is -2.19. The number of nitrogens with one attached hydrogen (secondary N) is 1. The molecule has 4 nitrogen and oxygen atoms in total. The minimum atomic E-state index is -0.177. The SMILES string of the molecule is CCc1cnc(C(=O)NC)cc1OC1CC1. The number of pyridine rings is 1. The number of aromatic nitrogens is 1. The van der Waals surface area contributed by atoms with Gasteiger partial charge in [0, 0.05) is 24.9 Å². The lowest BCUT2D eigenvalue weighted by molar-refractivity contribution is 0.0957. The van der Waals surface area contributed by atoms with Crippen LogP contribution in [0.3, 0.4) is 0 Å². The van der Waals surface area contributed by atoms with Gasteiger partial charge in [-0.3, -0.25) is 9.78 Å². The zero-order valence-corrected chi connectivity index (χ0v) is 9.62. The Hall–Kier alpha value is -1.58. The van der Waals surface area contributed by atoms with Crippen LogP contribution in [0, 0.1) is 0 Å². The molecule has 1 aromatic heterocycles. The Balaban J connectivity index is 2.25. The lowest BCUT2D eigenvalue weighted by atomic mass is 10.2. The largest absolute Gasteiger partial charge is 0.490 e. The first-order valence-electron chi connectivity index (χ1n) is 5.62. The van der Waals surface area contributed by atoms with Gasteiger partial charge in [0.1, 0.15) is 11.4 Å². The Bertz CT molecular complexity index is 400. The maximum atomic E-state index is 11.4. The molecule has 1 amide bonds. The van der Waals surface area contributed by atoms with E-state index in [0.717, 1.165) is 30.6 Å². The third kappa shape index (κ3) is 2.32. The number of carbonyl (C=O) groups excluding carboxylic acids is 1. The standard InChI is InChI=1S/C12H16N2O2/c1-3-8-7-14-10(12(15)13-2)6-11(8)16-9-4-5-9/h6-7,9H,3-5H2,1-2H3,(H,13,15). The number of aryl methyl sites for hydroxylation is 1. The molecule has 1 aliphatic rings. The summed E-state index contributed by atoms with van der Waals surface area (Å²) in [6, 6.07) is 1.73. The molecule has 0 atom stereocenters. The van der Waals surface area contributed by atoms with Crippen molar-refractivity contribution in [2.24, 2.45) is 0 Å². The second-order valence-corrected chi connectivity index (χ2v) is 3.93. The molecule has 1 saturated carbocycles. The highest BCUT2D eigenvalue weighted by molar-refractivity contribution is 5.92. The van der Waals surface area contributed by atoms with E-state index in [1.165, 1.54) is 0 Å². The van der Waals surface area contributed by atoms with E-state index >= 15 is 0 Å². The molecule has 0 radical (unpaired) electrons. The highest BCUT2D eigenvalue weighted by Crippen LogP contribution is 2.29. The van der Waals surface area contributed by atoms with Crippen LogP contribution in [0.1, 0.15) is 35.8 Å². The minimum absolute atomic E-state index is 0.177. The first kappa shape index (κ1) is 10.9. The summed E-state index contributed by atoms with van der Waals surface area (Å²) in [7, 11) is 1.60. The zero-order valence-electron chi connectivity index (χ0n) is 9.62. The van der Waals surface area contributed by atoms with Crippen molar-refractivity contribution < 1.29 is 9.53 Å². The molecular formula is C12H16N2O2. The van der Waals surface area contributed by atoms with E-state index in [1.807, 2.05) is 0 Å². The van der Waals surface area contributed by atoms with Crippen LogP contribution < -0.4 is 10.1 Å². The first-order valence-corrected chi connectivity index (χ1v) is 5.62. The third-order valence-electron chi connectivity index (χ3n) is 2.60. The van der Waals surface area contributed by atoms with Crippen LogP contribution in [0.5, 0.6) is 5.75 Å². The molecular weight excluding hydrogens is 204 g/mol. The molecule has 1 heterocycles. The van der Waals surface area contributed by atoms with E-state index in [9.17, 15) is 4.79 Å². The van der Waals surface area contributed by atoms with Gasteiger partial charge in [0.25, 0.3) is 5.91 Å². The molecule has 86 valence electrons. The monoisotopic (exact) mass is 220 g/mol. The predicted octanol–water partition coefficient (Wildman–Crippen LogP) is 1.54. The molecule has 1 fully saturated rings. The summed E-state index contributed by atoms with van der Waals surface area (Å²) in [5.41, 5.74) is 1.47. The van der Waals surface area contributed by atoms with Crippen LogP contribution in [0.25, 0.3) is 0 Å². The highest BCUT2D eigenvalue weighted by atomic mass is 16.5. The molecule has 16 heavy (non-hydrogen) atoms. The van der Waals surface area contributed by atoms with Crippen molar-refractivity contribution in [3.63, 3.8) is 0 Å². The smallest absolute Gasteiger partial charge is 0.269 e. The average molecular weight is 220 g/mol. The van der Waals surface area contributed by atoms with Crippen molar-refractivity contribution in [1.82, 2.24) is 10.3 Å². The van der Waals surface area contributed by atoms with E-state index in [1.54, 1.807) is 19.3 Å². The van der Waals surface area contributed by atoms with Crippen molar-refractivity contribution >= 4 is 5.91 Å². The summed E-state index contributed by atoms with van der Waals surface area (Å²) < 4.78 is 5.76. The molecule has 0 bridgehead atoms. The van der Waals surface area contributed by atoms with Crippen molar-refractivity contribution in [3.05, 3.63) is 23.5 Å². The molecule has 2 rings (SSSR count). The summed E-state index contributed by atoms with van der Waals surface area (Å²) in [6.45, 7) is 2.05. The molecule has 0 aromatic carbocycles. The Morgan fingerprint density at radius 2 is 2.38 bits per heavy atom. The summed E-state index contributed by atoms with van der Waals surface area (Å²) >= 11 is 0. The third-order valence-corrected chi connectivity index (χ3v) is 2.60. The highest BCUT2D eigenvalue weighted by Gasteiger charge is 2.25. The summed E-state index contributed by atoms with van der Waals surface area (Å²) in [4.78, 5) is 15.6. The van der Waals surface area contributed by atoms with E-state index in [-0.39, 0.29) is 5.91 Å². The molecule has 1 N–H and O–H groups in total. The van der Waals surface area contributed by atoms with Crippen molar-refractivity contribution in [2.75, 3.05) is 7.05 Å². The fourth-order valence-electron chi connectivity index (χ4n) is 1.46. The maximum absolute atomic E-state index is 11.4. The quantitative estimate of drug-likeness (QED) is 0.837. The Kier molecular flexibility index (Phi) is 3.08. The van der Waals surface area contributed by atoms with Gasteiger partial charge < -0.3 is 10.1 Å². The first-order chi connectivity index (χ1) is 7.74. The average Bonchev–Trinajstić information content (AvgIpc) is 3.12. The van der Waals surface area contributed by atoms with Crippen LogP contribution in [0.4, 0.5) is 0 Å². The molecule has 0 aliphatic heterocycles. The summed E-state index contributed by atoms with van der Waals surface area (Å²) in [5.74, 6) is 0.627. The molecule has 1 aromatic rings. The summed E-state index contributed by atoms with van der Waals surface area (Å²) in [5, 5.41) is 2.56. The Morgan fingerprint density at radius 3 is 2.94 bits per heavy atom. The van der Waals surface area contributed by atoms with Crippen LogP contribution in [-0.2, 0) is 6.42 Å². The van der Waals surface area contributed by atoms with Gasteiger partial charge in [-0.1, -0.05) is 6.92 Å². The predicted molar refractivity (Wildman–Crippen MR) is 60.7 cm³/mol. The lowest BCUT2D eigenvalue weighted by Gasteiger charge is -2.10. The van der Waals surface area contributed by atoms with Crippen LogP contribution in [-0.4, -0.2) is 24.0 Å². The van der Waals surface area contributed by atoms with Gasteiger partial charge in [0.05, 0.1) is 6.10 Å². The number of ether oxygens (including phenoxy) is 1. The van der Waals surface area contributed by atoms with Crippen LogP contribution >= 0.6 is 0 Å².